The molecule has 57 heavy (non-hydrogen) atoms. The molecule has 0 fully saturated rings. The summed E-state index contributed by atoms with van der Waals surface area (Å²) in [7, 11) is 0. The molecular formula is C56H37N. The Morgan fingerprint density at radius 3 is 1.11 bits per heavy atom. The smallest absolute Gasteiger partial charge is 0.0541 e. The van der Waals surface area contributed by atoms with Crippen LogP contribution in [0.5, 0.6) is 0 Å². The first-order valence-corrected chi connectivity index (χ1v) is 19.7. The second-order valence-corrected chi connectivity index (χ2v) is 14.9. The van der Waals surface area contributed by atoms with E-state index in [4.69, 9.17) is 0 Å². The third-order valence-electron chi connectivity index (χ3n) is 11.6. The third kappa shape index (κ3) is 5.80. The molecule has 0 radical (unpaired) electrons. The normalized spacial score (nSPS) is 11.5. The predicted molar refractivity (Wildman–Crippen MR) is 243 cm³/mol. The standard InChI is InChI=1S/C56H37N/c1-2-10-38(11-3-1)39-28-32-48(33-29-39)57-55-34-30-46(40-20-24-44(25-21-40)51-18-8-14-42-12-4-6-16-49(42)51)36-53(55)54-37-47(31-35-56(54)57)41-22-26-45(27-23-41)52-19-9-15-43-13-5-7-17-50(43)52/h1-37H. The van der Waals surface area contributed by atoms with Gasteiger partial charge in [-0.05, 0) is 114 Å². The average Bonchev–Trinajstić information content (AvgIpc) is 3.62. The van der Waals surface area contributed by atoms with Crippen LogP contribution in [0.4, 0.5) is 0 Å². The van der Waals surface area contributed by atoms with Gasteiger partial charge in [0.25, 0.3) is 0 Å². The zero-order chi connectivity index (χ0) is 37.7. The van der Waals surface area contributed by atoms with Crippen LogP contribution in [0.1, 0.15) is 0 Å². The highest BCUT2D eigenvalue weighted by atomic mass is 15.0. The Morgan fingerprint density at radius 2 is 0.596 bits per heavy atom. The molecule has 0 aliphatic carbocycles. The number of aromatic nitrogens is 1. The van der Waals surface area contributed by atoms with Gasteiger partial charge in [-0.25, -0.2) is 0 Å². The molecule has 0 amide bonds. The quantitative estimate of drug-likeness (QED) is 0.161. The van der Waals surface area contributed by atoms with Crippen LogP contribution < -0.4 is 0 Å². The molecule has 0 saturated heterocycles. The number of benzene rings is 10. The zero-order valence-electron chi connectivity index (χ0n) is 31.3. The molecule has 11 aromatic rings. The van der Waals surface area contributed by atoms with E-state index in [2.05, 4.69) is 229 Å². The predicted octanol–water partition coefficient (Wildman–Crippen LogP) is 15.4. The van der Waals surface area contributed by atoms with Crippen LogP contribution >= 0.6 is 0 Å². The lowest BCUT2D eigenvalue weighted by Gasteiger charge is -2.11. The monoisotopic (exact) mass is 723 g/mol. The molecule has 1 nitrogen and oxygen atoms in total. The first-order valence-electron chi connectivity index (χ1n) is 19.7. The van der Waals surface area contributed by atoms with E-state index in [1.165, 1.54) is 99.0 Å². The molecule has 0 saturated carbocycles. The molecule has 266 valence electrons. The Bertz CT molecular complexity index is 3050. The number of rotatable bonds is 6. The van der Waals surface area contributed by atoms with Crippen molar-refractivity contribution in [1.29, 1.82) is 0 Å². The molecule has 11 rings (SSSR count). The molecule has 0 atom stereocenters. The summed E-state index contributed by atoms with van der Waals surface area (Å²) in [5.41, 5.74) is 15.7. The zero-order valence-corrected chi connectivity index (χ0v) is 31.3. The van der Waals surface area contributed by atoms with Gasteiger partial charge in [-0.15, -0.1) is 0 Å². The number of hydrogen-bond donors (Lipinski definition) is 0. The molecule has 10 aromatic carbocycles. The molecule has 0 aliphatic rings. The van der Waals surface area contributed by atoms with E-state index in [0.717, 1.165) is 5.69 Å². The number of fused-ring (bicyclic) bond motifs is 5. The SMILES string of the molecule is c1ccc(-c2ccc(-n3c4ccc(-c5ccc(-c6cccc7ccccc67)cc5)cc4c4cc(-c5ccc(-c6cccc7ccccc67)cc5)ccc43)cc2)cc1. The maximum atomic E-state index is 2.42. The van der Waals surface area contributed by atoms with E-state index in [9.17, 15) is 0 Å². The van der Waals surface area contributed by atoms with Crippen LogP contribution in [0.3, 0.4) is 0 Å². The molecule has 1 heteroatoms. The van der Waals surface area contributed by atoms with Gasteiger partial charge in [-0.2, -0.15) is 0 Å². The maximum absolute atomic E-state index is 2.42. The van der Waals surface area contributed by atoms with E-state index in [1.807, 2.05) is 0 Å². The van der Waals surface area contributed by atoms with Gasteiger partial charge in [0, 0.05) is 16.5 Å². The van der Waals surface area contributed by atoms with Crippen molar-refractivity contribution in [1.82, 2.24) is 4.57 Å². The summed E-state index contributed by atoms with van der Waals surface area (Å²) < 4.78 is 2.42. The van der Waals surface area contributed by atoms with Crippen LogP contribution in [-0.4, -0.2) is 4.57 Å². The second kappa shape index (κ2) is 13.7. The lowest BCUT2D eigenvalue weighted by atomic mass is 9.95. The summed E-state index contributed by atoms with van der Waals surface area (Å²) in [5, 5.41) is 7.55. The Balaban J connectivity index is 1.02. The minimum Gasteiger partial charge on any atom is -0.309 e. The summed E-state index contributed by atoms with van der Waals surface area (Å²) in [6.45, 7) is 0. The summed E-state index contributed by atoms with van der Waals surface area (Å²) in [5.74, 6) is 0. The topological polar surface area (TPSA) is 4.93 Å². The summed E-state index contributed by atoms with van der Waals surface area (Å²) >= 11 is 0. The molecule has 0 bridgehead atoms. The van der Waals surface area contributed by atoms with Gasteiger partial charge in [-0.1, -0.05) is 188 Å². The molecule has 1 heterocycles. The van der Waals surface area contributed by atoms with Crippen LogP contribution in [0, 0.1) is 0 Å². The van der Waals surface area contributed by atoms with Crippen LogP contribution in [0.2, 0.25) is 0 Å². The van der Waals surface area contributed by atoms with Gasteiger partial charge in [0.2, 0.25) is 0 Å². The lowest BCUT2D eigenvalue weighted by molar-refractivity contribution is 1.18. The number of nitrogens with zero attached hydrogens (tertiary/aromatic N) is 1. The fraction of sp³-hybridized carbons (Fsp3) is 0. The van der Waals surface area contributed by atoms with Crippen LogP contribution in [0.25, 0.3) is 105 Å². The molecular weight excluding hydrogens is 687 g/mol. The Labute approximate surface area is 332 Å². The van der Waals surface area contributed by atoms with Gasteiger partial charge >= 0.3 is 0 Å². The summed E-state index contributed by atoms with van der Waals surface area (Å²) in [6, 6.07) is 82.0. The molecule has 0 spiro atoms. The van der Waals surface area contributed by atoms with Crippen molar-refractivity contribution in [2.75, 3.05) is 0 Å². The highest BCUT2D eigenvalue weighted by Gasteiger charge is 2.16. The highest BCUT2D eigenvalue weighted by Crippen LogP contribution is 2.39. The Hall–Kier alpha value is -7.48. The van der Waals surface area contributed by atoms with E-state index in [0.29, 0.717) is 0 Å². The highest BCUT2D eigenvalue weighted by molar-refractivity contribution is 6.12. The second-order valence-electron chi connectivity index (χ2n) is 14.9. The van der Waals surface area contributed by atoms with Crippen molar-refractivity contribution in [2.45, 2.75) is 0 Å². The largest absolute Gasteiger partial charge is 0.309 e. The third-order valence-corrected chi connectivity index (χ3v) is 11.6. The van der Waals surface area contributed by atoms with E-state index < -0.39 is 0 Å². The van der Waals surface area contributed by atoms with Crippen molar-refractivity contribution < 1.29 is 0 Å². The van der Waals surface area contributed by atoms with Gasteiger partial charge in [0.15, 0.2) is 0 Å². The molecule has 0 N–H and O–H groups in total. The fourth-order valence-electron chi connectivity index (χ4n) is 8.73. The van der Waals surface area contributed by atoms with Crippen molar-refractivity contribution in [3.63, 3.8) is 0 Å². The van der Waals surface area contributed by atoms with E-state index in [1.54, 1.807) is 0 Å². The van der Waals surface area contributed by atoms with E-state index in [-0.39, 0.29) is 0 Å². The number of hydrogen-bond acceptors (Lipinski definition) is 0. The molecule has 0 unspecified atom stereocenters. The Kier molecular flexibility index (Phi) is 7.89. The van der Waals surface area contributed by atoms with Crippen LogP contribution in [-0.2, 0) is 0 Å². The fourth-order valence-corrected chi connectivity index (χ4v) is 8.73. The summed E-state index contributed by atoms with van der Waals surface area (Å²) in [4.78, 5) is 0. The van der Waals surface area contributed by atoms with Gasteiger partial charge in [0.05, 0.1) is 11.0 Å². The minimum atomic E-state index is 1.15. The molecule has 1 aromatic heterocycles. The minimum absolute atomic E-state index is 1.15. The first kappa shape index (κ1) is 32.9. The van der Waals surface area contributed by atoms with Gasteiger partial charge in [0.1, 0.15) is 0 Å². The van der Waals surface area contributed by atoms with Gasteiger partial charge < -0.3 is 4.57 Å². The lowest BCUT2D eigenvalue weighted by Crippen LogP contribution is -1.94. The van der Waals surface area contributed by atoms with Crippen molar-refractivity contribution in [3.05, 3.63) is 224 Å². The van der Waals surface area contributed by atoms with Crippen molar-refractivity contribution in [2.24, 2.45) is 0 Å². The maximum Gasteiger partial charge on any atom is 0.0541 e. The summed E-state index contributed by atoms with van der Waals surface area (Å²) in [6.07, 6.45) is 0. The van der Waals surface area contributed by atoms with Crippen molar-refractivity contribution >= 4 is 43.4 Å². The van der Waals surface area contributed by atoms with Crippen LogP contribution in [0.15, 0.2) is 224 Å². The van der Waals surface area contributed by atoms with Gasteiger partial charge in [-0.3, -0.25) is 0 Å². The Morgan fingerprint density at radius 1 is 0.228 bits per heavy atom. The average molecular weight is 724 g/mol. The first-order chi connectivity index (χ1) is 28.2. The van der Waals surface area contributed by atoms with E-state index >= 15 is 0 Å². The van der Waals surface area contributed by atoms with Crippen molar-refractivity contribution in [3.8, 4) is 61.3 Å². The molecule has 0 aliphatic heterocycles.